The fraction of sp³-hybridized carbons (Fsp3) is 0.186. The summed E-state index contributed by atoms with van der Waals surface area (Å²) in [6.45, 7) is 0.151. The van der Waals surface area contributed by atoms with E-state index in [0.29, 0.717) is 66.5 Å². The van der Waals surface area contributed by atoms with Crippen LogP contribution in [0, 0.1) is 0 Å². The molecule has 0 aliphatic carbocycles. The zero-order chi connectivity index (χ0) is 40.5. The monoisotopic (exact) mass is 807 g/mol. The van der Waals surface area contributed by atoms with Crippen LogP contribution in [0.5, 0.6) is 17.2 Å². The quantitative estimate of drug-likeness (QED) is 0.108. The van der Waals surface area contributed by atoms with Gasteiger partial charge >= 0.3 is 0 Å². The average Bonchev–Trinajstić information content (AvgIpc) is 3.23. The van der Waals surface area contributed by atoms with Gasteiger partial charge in [-0.3, -0.25) is 23.7 Å². The Morgan fingerprint density at radius 1 is 0.737 bits per heavy atom. The van der Waals surface area contributed by atoms with Gasteiger partial charge in [-0.2, -0.15) is 0 Å². The van der Waals surface area contributed by atoms with Crippen molar-refractivity contribution in [3.63, 3.8) is 0 Å². The minimum atomic E-state index is -0.414. The van der Waals surface area contributed by atoms with Crippen LogP contribution in [0.1, 0.15) is 28.2 Å². The molecule has 292 valence electrons. The number of hydrogen-bond donors (Lipinski definition) is 2. The van der Waals surface area contributed by atoms with Gasteiger partial charge in [0.15, 0.2) is 0 Å². The number of methoxy groups -OCH3 is 3. The molecule has 0 aliphatic rings. The van der Waals surface area contributed by atoms with E-state index in [1.165, 1.54) is 18.8 Å². The lowest BCUT2D eigenvalue weighted by Crippen LogP contribution is -2.37. The number of fused-ring (bicyclic) bond motifs is 1. The van der Waals surface area contributed by atoms with Crippen LogP contribution < -0.4 is 30.4 Å². The van der Waals surface area contributed by atoms with Crippen molar-refractivity contribution < 1.29 is 28.6 Å². The minimum Gasteiger partial charge on any atom is -0.497 e. The second kappa shape index (κ2) is 18.5. The summed E-state index contributed by atoms with van der Waals surface area (Å²) >= 11 is 12.4. The summed E-state index contributed by atoms with van der Waals surface area (Å²) in [5.74, 6) is 0.579. The Hall–Kier alpha value is -6.37. The lowest BCUT2D eigenvalue weighted by molar-refractivity contribution is -0.130. The first-order valence-electron chi connectivity index (χ1n) is 17.9. The summed E-state index contributed by atoms with van der Waals surface area (Å²) < 4.78 is 18.0. The van der Waals surface area contributed by atoms with Crippen LogP contribution in [-0.4, -0.2) is 66.6 Å². The number of para-hydroxylation sites is 1. The molecule has 0 spiro atoms. The maximum absolute atomic E-state index is 14.0. The number of carbonyl (C=O) groups is 3. The molecule has 1 heterocycles. The third-order valence-corrected chi connectivity index (χ3v) is 9.90. The standard InChI is InChI=1S/C43H39Cl2N5O7/c1-55-30-16-14-29(15-17-30)50-39(46-34-12-8-7-11-31(34)43(50)54)19-21-49(41(52)24-27-13-18-32(44)33(45)23-27)22-20-40(51)47-35-25-38(57-3)36(26-37(35)56-2)48-42(53)28-9-5-4-6-10-28/h4-18,23,25-26H,19-22,24H2,1-3H3,(H,47,51)(H,48,53). The van der Waals surface area contributed by atoms with E-state index in [0.717, 1.165) is 0 Å². The molecule has 0 atom stereocenters. The normalized spacial score (nSPS) is 10.8. The second-order valence-electron chi connectivity index (χ2n) is 12.8. The van der Waals surface area contributed by atoms with Crippen LogP contribution in [-0.2, 0) is 22.4 Å². The van der Waals surface area contributed by atoms with Crippen LogP contribution in [0.15, 0.2) is 114 Å². The van der Waals surface area contributed by atoms with Crippen molar-refractivity contribution in [1.82, 2.24) is 14.5 Å². The highest BCUT2D eigenvalue weighted by Crippen LogP contribution is 2.37. The number of hydrogen-bond acceptors (Lipinski definition) is 8. The first-order chi connectivity index (χ1) is 27.6. The van der Waals surface area contributed by atoms with E-state index in [9.17, 15) is 19.2 Å². The number of halogens is 2. The van der Waals surface area contributed by atoms with Crippen molar-refractivity contribution in [3.05, 3.63) is 147 Å². The van der Waals surface area contributed by atoms with E-state index in [-0.39, 0.29) is 55.5 Å². The molecule has 5 aromatic carbocycles. The van der Waals surface area contributed by atoms with E-state index in [1.807, 2.05) is 6.07 Å². The van der Waals surface area contributed by atoms with Gasteiger partial charge < -0.3 is 29.7 Å². The van der Waals surface area contributed by atoms with Gasteiger partial charge in [-0.1, -0.05) is 59.6 Å². The van der Waals surface area contributed by atoms with E-state index in [2.05, 4.69) is 10.6 Å². The van der Waals surface area contributed by atoms with E-state index in [4.69, 9.17) is 42.4 Å². The summed E-state index contributed by atoms with van der Waals surface area (Å²) in [6, 6.07) is 30.9. The first kappa shape index (κ1) is 40.3. The van der Waals surface area contributed by atoms with E-state index < -0.39 is 5.91 Å². The highest BCUT2D eigenvalue weighted by Gasteiger charge is 2.21. The minimum absolute atomic E-state index is 0.0177. The Bertz CT molecular complexity index is 2480. The Morgan fingerprint density at radius 2 is 1.40 bits per heavy atom. The Kier molecular flexibility index (Phi) is 13.1. The lowest BCUT2D eigenvalue weighted by atomic mass is 10.1. The molecular formula is C43H39Cl2N5O7. The van der Waals surface area contributed by atoms with Gasteiger partial charge in [0, 0.05) is 43.6 Å². The summed E-state index contributed by atoms with van der Waals surface area (Å²) in [4.78, 5) is 60.7. The first-order valence-corrected chi connectivity index (χ1v) is 18.6. The van der Waals surface area contributed by atoms with Gasteiger partial charge in [0.05, 0.1) is 65.8 Å². The topological polar surface area (TPSA) is 141 Å². The third kappa shape index (κ3) is 9.72. The predicted octanol–water partition coefficient (Wildman–Crippen LogP) is 7.61. The van der Waals surface area contributed by atoms with Crippen molar-refractivity contribution in [1.29, 1.82) is 0 Å². The van der Waals surface area contributed by atoms with Crippen molar-refractivity contribution in [2.45, 2.75) is 19.3 Å². The molecule has 0 bridgehead atoms. The van der Waals surface area contributed by atoms with Gasteiger partial charge in [0.2, 0.25) is 11.8 Å². The highest BCUT2D eigenvalue weighted by molar-refractivity contribution is 6.42. The zero-order valence-electron chi connectivity index (χ0n) is 31.4. The Morgan fingerprint density at radius 3 is 2.07 bits per heavy atom. The maximum Gasteiger partial charge on any atom is 0.265 e. The molecule has 0 saturated carbocycles. The molecule has 3 amide bonds. The molecule has 1 aromatic heterocycles. The van der Waals surface area contributed by atoms with E-state index >= 15 is 0 Å². The summed E-state index contributed by atoms with van der Waals surface area (Å²) in [6.07, 6.45) is 0.0691. The maximum atomic E-state index is 14.0. The summed E-state index contributed by atoms with van der Waals surface area (Å²) in [5.41, 5.74) is 2.57. The van der Waals surface area contributed by atoms with E-state index in [1.54, 1.807) is 115 Å². The van der Waals surface area contributed by atoms with Crippen LogP contribution in [0.25, 0.3) is 16.6 Å². The third-order valence-electron chi connectivity index (χ3n) is 9.16. The molecule has 57 heavy (non-hydrogen) atoms. The number of carbonyl (C=O) groups excluding carboxylic acids is 3. The van der Waals surface area contributed by atoms with Gasteiger partial charge in [0.1, 0.15) is 23.1 Å². The number of benzene rings is 5. The number of amides is 3. The summed E-state index contributed by atoms with van der Waals surface area (Å²) in [7, 11) is 4.45. The SMILES string of the molecule is COc1ccc(-n2c(CCN(CCC(=O)Nc3cc(OC)c(NC(=O)c4ccccc4)cc3OC)C(=O)Cc3ccc(Cl)c(Cl)c3)nc3ccccc3c2=O)cc1. The van der Waals surface area contributed by atoms with Crippen molar-refractivity contribution in [3.8, 4) is 22.9 Å². The summed E-state index contributed by atoms with van der Waals surface area (Å²) in [5, 5.41) is 6.79. The van der Waals surface area contributed by atoms with Gasteiger partial charge in [-0.05, 0) is 66.2 Å². The van der Waals surface area contributed by atoms with Crippen LogP contribution in [0.2, 0.25) is 10.0 Å². The number of nitrogens with one attached hydrogen (secondary N) is 2. The lowest BCUT2D eigenvalue weighted by Gasteiger charge is -2.24. The molecular weight excluding hydrogens is 769 g/mol. The molecule has 0 aliphatic heterocycles. The largest absolute Gasteiger partial charge is 0.497 e. The molecule has 0 fully saturated rings. The zero-order valence-corrected chi connectivity index (χ0v) is 32.9. The van der Waals surface area contributed by atoms with Gasteiger partial charge in [0.25, 0.3) is 11.5 Å². The predicted molar refractivity (Wildman–Crippen MR) is 222 cm³/mol. The molecule has 0 unspecified atom stereocenters. The number of aromatic nitrogens is 2. The second-order valence-corrected chi connectivity index (χ2v) is 13.6. The van der Waals surface area contributed by atoms with Crippen molar-refractivity contribution >= 4 is 63.2 Å². The van der Waals surface area contributed by atoms with Crippen molar-refractivity contribution in [2.75, 3.05) is 45.1 Å². The van der Waals surface area contributed by atoms with Crippen LogP contribution >= 0.6 is 23.2 Å². The molecule has 12 nitrogen and oxygen atoms in total. The average molecular weight is 809 g/mol. The fourth-order valence-electron chi connectivity index (χ4n) is 6.20. The number of anilines is 2. The molecule has 6 rings (SSSR count). The molecule has 0 radical (unpaired) electrons. The van der Waals surface area contributed by atoms with Gasteiger partial charge in [-0.15, -0.1) is 0 Å². The van der Waals surface area contributed by atoms with Gasteiger partial charge in [-0.25, -0.2) is 4.98 Å². The number of ether oxygens (including phenoxy) is 3. The molecule has 2 N–H and O–H groups in total. The molecule has 14 heteroatoms. The number of rotatable bonds is 15. The van der Waals surface area contributed by atoms with Crippen LogP contribution in [0.3, 0.4) is 0 Å². The fourth-order valence-corrected chi connectivity index (χ4v) is 6.52. The molecule has 6 aromatic rings. The van der Waals surface area contributed by atoms with Crippen molar-refractivity contribution in [2.24, 2.45) is 0 Å². The highest BCUT2D eigenvalue weighted by atomic mass is 35.5. The Balaban J connectivity index is 1.24. The smallest absolute Gasteiger partial charge is 0.265 e. The van der Waals surface area contributed by atoms with Crippen LogP contribution in [0.4, 0.5) is 11.4 Å². The number of nitrogens with zero attached hydrogens (tertiary/aromatic N) is 3. The Labute approximate surface area is 338 Å². The molecule has 0 saturated heterocycles.